The van der Waals surface area contributed by atoms with Crippen LogP contribution in [0.5, 0.6) is 5.75 Å². The molecule has 0 bridgehead atoms. The predicted molar refractivity (Wildman–Crippen MR) is 85.5 cm³/mol. The molecular weight excluding hydrogens is 252 g/mol. The Bertz CT molecular complexity index is 548. The fourth-order valence-electron chi connectivity index (χ4n) is 2.36. The molecule has 0 N–H and O–H groups in total. The standard InChI is InChI=1S/C17H22OS/c1-4-5-6-7-13-8-9-14-11-16(18-2)17(19-3)12-15(14)10-13/h8-12H,4-7H2,1-3H3. The van der Waals surface area contributed by atoms with E-state index >= 15 is 0 Å². The average Bonchev–Trinajstić information content (AvgIpc) is 2.46. The van der Waals surface area contributed by atoms with Gasteiger partial charge in [0.25, 0.3) is 0 Å². The molecule has 0 aliphatic heterocycles. The van der Waals surface area contributed by atoms with Gasteiger partial charge in [-0.15, -0.1) is 11.8 Å². The SMILES string of the molecule is CCCCCc1ccc2cc(OC)c(SC)cc2c1. The second-order valence-electron chi connectivity index (χ2n) is 4.85. The summed E-state index contributed by atoms with van der Waals surface area (Å²) < 4.78 is 5.43. The summed E-state index contributed by atoms with van der Waals surface area (Å²) in [5.41, 5.74) is 1.44. The first-order chi connectivity index (χ1) is 9.28. The molecule has 0 aliphatic rings. The van der Waals surface area contributed by atoms with E-state index in [0.717, 1.165) is 5.75 Å². The Balaban J connectivity index is 2.31. The highest BCUT2D eigenvalue weighted by atomic mass is 32.2. The van der Waals surface area contributed by atoms with Crippen molar-refractivity contribution < 1.29 is 4.74 Å². The molecule has 2 heteroatoms. The van der Waals surface area contributed by atoms with Gasteiger partial charge in [0.1, 0.15) is 5.75 Å². The zero-order valence-corrected chi connectivity index (χ0v) is 12.8. The molecule has 0 unspecified atom stereocenters. The van der Waals surface area contributed by atoms with E-state index in [1.54, 1.807) is 18.9 Å². The molecule has 0 spiro atoms. The van der Waals surface area contributed by atoms with Gasteiger partial charge in [0.2, 0.25) is 0 Å². The molecule has 2 aromatic rings. The Morgan fingerprint density at radius 3 is 2.58 bits per heavy atom. The minimum Gasteiger partial charge on any atom is -0.496 e. The molecule has 0 fully saturated rings. The van der Waals surface area contributed by atoms with Crippen molar-refractivity contribution in [2.24, 2.45) is 0 Å². The van der Waals surface area contributed by atoms with Crippen molar-refractivity contribution in [3.05, 3.63) is 35.9 Å². The van der Waals surface area contributed by atoms with E-state index in [1.807, 2.05) is 0 Å². The highest BCUT2D eigenvalue weighted by Crippen LogP contribution is 2.32. The van der Waals surface area contributed by atoms with Crippen molar-refractivity contribution in [1.29, 1.82) is 0 Å². The van der Waals surface area contributed by atoms with Crippen LogP contribution < -0.4 is 4.74 Å². The summed E-state index contributed by atoms with van der Waals surface area (Å²) in [6.45, 7) is 2.25. The van der Waals surface area contributed by atoms with Crippen LogP contribution in [-0.4, -0.2) is 13.4 Å². The van der Waals surface area contributed by atoms with Crippen LogP contribution in [0.3, 0.4) is 0 Å². The van der Waals surface area contributed by atoms with Gasteiger partial charge in [-0.1, -0.05) is 38.0 Å². The van der Waals surface area contributed by atoms with E-state index in [1.165, 1.54) is 46.9 Å². The molecule has 102 valence electrons. The van der Waals surface area contributed by atoms with Gasteiger partial charge in [0.05, 0.1) is 7.11 Å². The van der Waals surface area contributed by atoms with Crippen molar-refractivity contribution in [3.63, 3.8) is 0 Å². The normalized spacial score (nSPS) is 10.9. The first kappa shape index (κ1) is 14.3. The topological polar surface area (TPSA) is 9.23 Å². The van der Waals surface area contributed by atoms with Crippen molar-refractivity contribution in [2.75, 3.05) is 13.4 Å². The molecule has 0 aliphatic carbocycles. The minimum absolute atomic E-state index is 0.971. The van der Waals surface area contributed by atoms with Crippen LogP contribution in [0.2, 0.25) is 0 Å². The van der Waals surface area contributed by atoms with E-state index in [2.05, 4.69) is 43.5 Å². The second-order valence-corrected chi connectivity index (χ2v) is 5.69. The summed E-state index contributed by atoms with van der Waals surface area (Å²) in [6, 6.07) is 11.2. The number of ether oxygens (including phenoxy) is 1. The highest BCUT2D eigenvalue weighted by Gasteiger charge is 2.05. The first-order valence-electron chi connectivity index (χ1n) is 6.93. The largest absolute Gasteiger partial charge is 0.496 e. The average molecular weight is 274 g/mol. The maximum Gasteiger partial charge on any atom is 0.133 e. The molecule has 0 saturated heterocycles. The van der Waals surface area contributed by atoms with Crippen LogP contribution in [0.15, 0.2) is 35.2 Å². The molecule has 0 saturated carbocycles. The molecule has 0 amide bonds. The number of hydrogen-bond donors (Lipinski definition) is 0. The second kappa shape index (κ2) is 6.85. The van der Waals surface area contributed by atoms with Crippen molar-refractivity contribution in [3.8, 4) is 5.75 Å². The van der Waals surface area contributed by atoms with Crippen LogP contribution >= 0.6 is 11.8 Å². The fourth-order valence-corrected chi connectivity index (χ4v) is 2.95. The summed E-state index contributed by atoms with van der Waals surface area (Å²) in [4.78, 5) is 1.21. The maximum atomic E-state index is 5.43. The fraction of sp³-hybridized carbons (Fsp3) is 0.412. The number of thioether (sulfide) groups is 1. The quantitative estimate of drug-likeness (QED) is 0.522. The molecule has 0 aromatic heterocycles. The maximum absolute atomic E-state index is 5.43. The smallest absolute Gasteiger partial charge is 0.133 e. The van der Waals surface area contributed by atoms with E-state index in [9.17, 15) is 0 Å². The summed E-state index contributed by atoms with van der Waals surface area (Å²) in [5, 5.41) is 2.58. The highest BCUT2D eigenvalue weighted by molar-refractivity contribution is 7.98. The van der Waals surface area contributed by atoms with E-state index in [-0.39, 0.29) is 0 Å². The van der Waals surface area contributed by atoms with Crippen LogP contribution in [-0.2, 0) is 6.42 Å². The number of methoxy groups -OCH3 is 1. The molecule has 0 atom stereocenters. The molecule has 19 heavy (non-hydrogen) atoms. The van der Waals surface area contributed by atoms with E-state index in [0.29, 0.717) is 0 Å². The predicted octanol–water partition coefficient (Wildman–Crippen LogP) is 5.30. The molecular formula is C17H22OS. The van der Waals surface area contributed by atoms with Gasteiger partial charge in [-0.25, -0.2) is 0 Å². The zero-order valence-electron chi connectivity index (χ0n) is 12.0. The third kappa shape index (κ3) is 3.44. The Hall–Kier alpha value is -1.15. The van der Waals surface area contributed by atoms with Crippen LogP contribution in [0.4, 0.5) is 0 Å². The van der Waals surface area contributed by atoms with Crippen molar-refractivity contribution in [1.82, 2.24) is 0 Å². The zero-order chi connectivity index (χ0) is 13.7. The summed E-state index contributed by atoms with van der Waals surface area (Å²) in [7, 11) is 1.74. The van der Waals surface area contributed by atoms with Crippen LogP contribution in [0, 0.1) is 0 Å². The monoisotopic (exact) mass is 274 g/mol. The molecule has 0 radical (unpaired) electrons. The lowest BCUT2D eigenvalue weighted by Gasteiger charge is -2.09. The van der Waals surface area contributed by atoms with Gasteiger partial charge in [0, 0.05) is 4.90 Å². The number of benzene rings is 2. The Kier molecular flexibility index (Phi) is 5.15. The number of rotatable bonds is 6. The number of aryl methyl sites for hydroxylation is 1. The van der Waals surface area contributed by atoms with E-state index < -0.39 is 0 Å². The number of fused-ring (bicyclic) bond motifs is 1. The molecule has 2 rings (SSSR count). The van der Waals surface area contributed by atoms with Gasteiger partial charge in [0.15, 0.2) is 0 Å². The third-order valence-corrected chi connectivity index (χ3v) is 4.23. The number of unbranched alkanes of at least 4 members (excludes halogenated alkanes) is 2. The minimum atomic E-state index is 0.971. The number of hydrogen-bond acceptors (Lipinski definition) is 2. The van der Waals surface area contributed by atoms with Crippen LogP contribution in [0.25, 0.3) is 10.8 Å². The van der Waals surface area contributed by atoms with Crippen molar-refractivity contribution >= 4 is 22.5 Å². The van der Waals surface area contributed by atoms with Crippen LogP contribution in [0.1, 0.15) is 31.7 Å². The Morgan fingerprint density at radius 2 is 1.89 bits per heavy atom. The lowest BCUT2D eigenvalue weighted by Crippen LogP contribution is -1.89. The molecule has 0 heterocycles. The third-order valence-electron chi connectivity index (χ3n) is 3.48. The molecule has 2 aromatic carbocycles. The summed E-state index contributed by atoms with van der Waals surface area (Å²) >= 11 is 1.74. The lowest BCUT2D eigenvalue weighted by atomic mass is 10.0. The van der Waals surface area contributed by atoms with E-state index in [4.69, 9.17) is 4.74 Å². The van der Waals surface area contributed by atoms with Gasteiger partial charge < -0.3 is 4.74 Å². The first-order valence-corrected chi connectivity index (χ1v) is 8.15. The van der Waals surface area contributed by atoms with Crippen molar-refractivity contribution in [2.45, 2.75) is 37.5 Å². The lowest BCUT2D eigenvalue weighted by molar-refractivity contribution is 0.405. The van der Waals surface area contributed by atoms with Gasteiger partial charge in [-0.05, 0) is 47.6 Å². The van der Waals surface area contributed by atoms with Gasteiger partial charge >= 0.3 is 0 Å². The summed E-state index contributed by atoms with van der Waals surface area (Å²) in [6.07, 6.45) is 7.16. The Morgan fingerprint density at radius 1 is 1.05 bits per heavy atom. The summed E-state index contributed by atoms with van der Waals surface area (Å²) in [5.74, 6) is 0.971. The molecule has 1 nitrogen and oxygen atoms in total. The Labute approximate surface area is 120 Å². The van der Waals surface area contributed by atoms with Gasteiger partial charge in [-0.3, -0.25) is 0 Å². The van der Waals surface area contributed by atoms with Gasteiger partial charge in [-0.2, -0.15) is 0 Å².